The highest BCUT2D eigenvalue weighted by molar-refractivity contribution is 5.84. The maximum absolute atomic E-state index is 14.0. The third-order valence-electron chi connectivity index (χ3n) is 16.0. The summed E-state index contributed by atoms with van der Waals surface area (Å²) < 4.78 is 60.7. The number of carbonyl (C=O) groups is 3. The first-order valence-electron chi connectivity index (χ1n) is 30.0. The quantitative estimate of drug-likeness (QED) is 0.0225. The molecule has 5 saturated heterocycles. The average Bonchev–Trinajstić information content (AvgIpc) is 1.41. The lowest BCUT2D eigenvalue weighted by atomic mass is 9.88. The fraction of sp³-hybridized carbons (Fsp3) is 0.911. The lowest BCUT2D eigenvalue weighted by molar-refractivity contribution is -0.400. The Morgan fingerprint density at radius 3 is 1.56 bits per heavy atom. The van der Waals surface area contributed by atoms with Gasteiger partial charge in [0.1, 0.15) is 97.6 Å². The predicted octanol–water partition coefficient (Wildman–Crippen LogP) is -2.81. The molecule has 5 rings (SSSR count). The van der Waals surface area contributed by atoms with E-state index in [1.165, 1.54) is 71.1 Å². The number of allylic oxidation sites excluding steroid dienone is 2. The van der Waals surface area contributed by atoms with Crippen LogP contribution in [0.1, 0.15) is 137 Å². The van der Waals surface area contributed by atoms with Gasteiger partial charge in [-0.2, -0.15) is 0 Å². The normalized spacial score (nSPS) is 39.3. The molecule has 5 aliphatic rings. The van der Waals surface area contributed by atoms with Crippen molar-refractivity contribution in [3.8, 4) is 0 Å². The van der Waals surface area contributed by atoms with Crippen LogP contribution in [0.4, 0.5) is 0 Å². The lowest BCUT2D eigenvalue weighted by Crippen LogP contribution is -2.71. The van der Waals surface area contributed by atoms with Crippen molar-refractivity contribution in [1.82, 2.24) is 10.6 Å². The Kier molecular flexibility index (Phi) is 31.1. The molecule has 0 aliphatic carbocycles. The van der Waals surface area contributed by atoms with Gasteiger partial charge >= 0.3 is 0 Å². The molecule has 84 heavy (non-hydrogen) atoms. The van der Waals surface area contributed by atoms with Crippen molar-refractivity contribution in [2.24, 2.45) is 0 Å². The molecule has 28 heteroatoms. The number of amides is 2. The van der Waals surface area contributed by atoms with Gasteiger partial charge in [0.25, 0.3) is 0 Å². The van der Waals surface area contributed by atoms with Crippen LogP contribution in [0, 0.1) is 0 Å². The van der Waals surface area contributed by atoms with Crippen molar-refractivity contribution in [2.45, 2.75) is 284 Å². The zero-order valence-corrected chi connectivity index (χ0v) is 48.8. The van der Waals surface area contributed by atoms with Crippen molar-refractivity contribution < 1.29 is 128 Å². The van der Waals surface area contributed by atoms with Gasteiger partial charge in [-0.25, -0.2) is 0 Å². The maximum Gasteiger partial charge on any atom is 0.231 e. The highest BCUT2D eigenvalue weighted by atomic mass is 16.8. The summed E-state index contributed by atoms with van der Waals surface area (Å²) in [6.07, 6.45) is -18.7. The molecule has 15 N–H and O–H groups in total. The number of hydrogen-bond acceptors (Lipinski definition) is 26. The zero-order chi connectivity index (χ0) is 61.7. The van der Waals surface area contributed by atoms with E-state index in [0.29, 0.717) is 12.8 Å². The summed E-state index contributed by atoms with van der Waals surface area (Å²) in [5.41, 5.74) is 0. The van der Waals surface area contributed by atoms with Gasteiger partial charge in [0.2, 0.25) is 17.6 Å². The van der Waals surface area contributed by atoms with Crippen LogP contribution < -0.4 is 10.6 Å². The Bertz CT molecular complexity index is 1940. The molecule has 5 fully saturated rings. The first-order chi connectivity index (χ1) is 40.2. The van der Waals surface area contributed by atoms with Crippen molar-refractivity contribution in [3.63, 3.8) is 0 Å². The Morgan fingerprint density at radius 1 is 0.488 bits per heavy atom. The van der Waals surface area contributed by atoms with E-state index in [4.69, 9.17) is 47.4 Å². The number of rotatable bonds is 35. The summed E-state index contributed by atoms with van der Waals surface area (Å²) in [5, 5.41) is 148. The third kappa shape index (κ3) is 19.7. The second-order valence-corrected chi connectivity index (χ2v) is 22.6. The maximum atomic E-state index is 14.0. The summed E-state index contributed by atoms with van der Waals surface area (Å²) >= 11 is 0. The van der Waals surface area contributed by atoms with E-state index >= 15 is 0 Å². The first-order valence-corrected chi connectivity index (χ1v) is 30.0. The number of unbranched alkanes of at least 4 members (excludes halogenated alkanes) is 12. The van der Waals surface area contributed by atoms with Crippen molar-refractivity contribution in [1.29, 1.82) is 0 Å². The summed E-state index contributed by atoms with van der Waals surface area (Å²) in [5.74, 6) is -4.90. The van der Waals surface area contributed by atoms with Crippen LogP contribution in [0.5, 0.6) is 0 Å². The van der Waals surface area contributed by atoms with Crippen LogP contribution in [0.3, 0.4) is 0 Å². The van der Waals surface area contributed by atoms with Crippen LogP contribution in [0.15, 0.2) is 12.2 Å². The molecule has 0 spiro atoms. The van der Waals surface area contributed by atoms with Crippen molar-refractivity contribution in [2.75, 3.05) is 39.6 Å². The summed E-state index contributed by atoms with van der Waals surface area (Å²) in [7, 11) is 0. The van der Waals surface area contributed by atoms with Crippen LogP contribution in [-0.4, -0.2) is 270 Å². The molecule has 0 aromatic rings. The van der Waals surface area contributed by atoms with E-state index in [2.05, 4.69) is 23.6 Å². The highest BCUT2D eigenvalue weighted by Gasteiger charge is 2.60. The number of aliphatic hydroxyl groups is 13. The van der Waals surface area contributed by atoms with Crippen LogP contribution in [0.2, 0.25) is 0 Å². The fourth-order valence-corrected chi connectivity index (χ4v) is 11.3. The Morgan fingerprint density at radius 2 is 0.976 bits per heavy atom. The first kappa shape index (κ1) is 72.2. The van der Waals surface area contributed by atoms with Gasteiger partial charge in [-0.05, 0) is 38.5 Å². The fourth-order valence-electron chi connectivity index (χ4n) is 11.3. The third-order valence-corrected chi connectivity index (χ3v) is 16.0. The van der Waals surface area contributed by atoms with Gasteiger partial charge in [0.05, 0.1) is 51.3 Å². The molecule has 28 nitrogen and oxygen atoms in total. The minimum Gasteiger partial charge on any atom is -0.396 e. The second kappa shape index (κ2) is 36.2. The van der Waals surface area contributed by atoms with E-state index in [1.54, 1.807) is 0 Å². The van der Waals surface area contributed by atoms with E-state index in [9.17, 15) is 80.8 Å². The van der Waals surface area contributed by atoms with Gasteiger partial charge in [-0.1, -0.05) is 83.3 Å². The molecular weight excluding hydrogens is 1120 g/mol. The number of aliphatic hydroxyl groups excluding tert-OH is 13. The molecule has 5 heterocycles. The van der Waals surface area contributed by atoms with Gasteiger partial charge in [-0.3, -0.25) is 14.4 Å². The number of nitrogens with one attached hydrogen (secondary N) is 2. The molecule has 5 aliphatic heterocycles. The summed E-state index contributed by atoms with van der Waals surface area (Å²) in [4.78, 5) is 39.3. The Labute approximate surface area is 490 Å². The van der Waals surface area contributed by atoms with Gasteiger partial charge in [0, 0.05) is 33.8 Å². The number of hydrogen-bond donors (Lipinski definition) is 15. The monoisotopic (exact) mass is 1210 g/mol. The molecule has 24 atom stereocenters. The molecule has 2 amide bonds. The molecule has 0 saturated carbocycles. The SMILES string of the molecule is CCCCCCCCCCCCC/C=C/CCCO[C@@H]1O[C@@H](CO)[C@@H](O[C@@H]2OC(CO)[C@H](O[C@@H]3OC(CO)[C@H](O)[C@H](O[C@@H]4OC(CO)[C@H](O)[C@H](O)C4O)C3NC(C)=O)[C@H](O[C@]3(C(C)=O)C[C@@H](O)[C@@H](NC(C)=O)C(CCCO)O3)C2O)C(O)C1O. The largest absolute Gasteiger partial charge is 0.396 e. The van der Waals surface area contributed by atoms with E-state index < -0.39 is 197 Å². The van der Waals surface area contributed by atoms with Crippen molar-refractivity contribution in [3.05, 3.63) is 12.2 Å². The van der Waals surface area contributed by atoms with E-state index in [0.717, 1.165) is 26.7 Å². The van der Waals surface area contributed by atoms with Gasteiger partial charge < -0.3 is 124 Å². The van der Waals surface area contributed by atoms with Crippen LogP contribution in [-0.2, 0) is 61.8 Å². The molecule has 9 unspecified atom stereocenters. The highest BCUT2D eigenvalue weighted by Crippen LogP contribution is 2.41. The van der Waals surface area contributed by atoms with Gasteiger partial charge in [0.15, 0.2) is 30.9 Å². The minimum absolute atomic E-state index is 0.0375. The Balaban J connectivity index is 1.37. The molecule has 0 bridgehead atoms. The molecular formula is C56H98N2O26. The standard InChI is InChI=1S/C56H98N2O26/c1-5-6-7-8-9-10-11-12-13-14-15-16-17-18-19-20-24-75-53-46(73)44(71)48(37(28-62)78-53)80-55-47(74)51(84-56(30(2)64)25-33(67)39(57-31(3)65)34(83-56)22-21-23-59)49(38(29-63)79-55)81-52-40(58-32(4)66)50(42(69)36(27-61)76-52)82-54-45(72)43(70)41(68)35(26-60)77-54/h17-18,33-55,59-63,67-74H,5-16,19-29H2,1-4H3,(H,57,65)(H,58,66)/b18-17+/t33-,34?,35?,36?,37+,38?,39-,40?,41+,42+,43+,44?,45?,46?,47?,48-,49+,50-,51-,52+,53-,54+,55+,56+/m1/s1. The number of carbonyl (C=O) groups excluding carboxylic acids is 3. The second-order valence-electron chi connectivity index (χ2n) is 22.6. The smallest absolute Gasteiger partial charge is 0.231 e. The lowest BCUT2D eigenvalue weighted by Gasteiger charge is -2.53. The summed E-state index contributed by atoms with van der Waals surface area (Å²) in [6.45, 7) is 1.42. The summed E-state index contributed by atoms with van der Waals surface area (Å²) in [6, 6.07) is -2.91. The Hall–Kier alpha value is -2.57. The van der Waals surface area contributed by atoms with E-state index in [-0.39, 0.29) is 26.1 Å². The molecule has 0 aromatic heterocycles. The van der Waals surface area contributed by atoms with Crippen molar-refractivity contribution >= 4 is 17.6 Å². The molecule has 0 radical (unpaired) electrons. The number of ether oxygens (including phenoxy) is 10. The topological polar surface area (TPSA) is 431 Å². The van der Waals surface area contributed by atoms with Crippen LogP contribution >= 0.6 is 0 Å². The van der Waals surface area contributed by atoms with E-state index in [1.807, 2.05) is 6.08 Å². The van der Waals surface area contributed by atoms with Crippen LogP contribution in [0.25, 0.3) is 0 Å². The molecule has 0 aromatic carbocycles. The number of Topliss-reactive ketones (excluding diaryl/α,β-unsaturated/α-hetero) is 1. The minimum atomic E-state index is -2.57. The average molecular weight is 1220 g/mol. The zero-order valence-electron chi connectivity index (χ0n) is 48.8. The molecule has 488 valence electrons. The van der Waals surface area contributed by atoms with Gasteiger partial charge in [-0.15, -0.1) is 0 Å². The number of ketones is 1. The predicted molar refractivity (Wildman–Crippen MR) is 290 cm³/mol.